The van der Waals surface area contributed by atoms with Crippen LogP contribution in [0.15, 0.2) is 29.6 Å². The summed E-state index contributed by atoms with van der Waals surface area (Å²) in [4.78, 5) is 3.81. The molecule has 1 fully saturated rings. The van der Waals surface area contributed by atoms with Gasteiger partial charge in [0.15, 0.2) is 5.65 Å². The van der Waals surface area contributed by atoms with E-state index in [1.54, 1.807) is 11.3 Å². The van der Waals surface area contributed by atoms with E-state index in [4.69, 9.17) is 4.74 Å². The van der Waals surface area contributed by atoms with Gasteiger partial charge in [-0.1, -0.05) is 6.07 Å². The molecule has 4 heterocycles. The maximum absolute atomic E-state index is 5.47. The monoisotopic (exact) mass is 331 g/mol. The van der Waals surface area contributed by atoms with Crippen molar-refractivity contribution in [2.45, 2.75) is 6.04 Å². The Kier molecular flexibility index (Phi) is 4.14. The largest absolute Gasteiger partial charge is 0.379 e. The van der Waals surface area contributed by atoms with Crippen LogP contribution in [0.3, 0.4) is 0 Å². The maximum Gasteiger partial charge on any atom is 0.200 e. The van der Waals surface area contributed by atoms with Gasteiger partial charge in [-0.25, -0.2) is 0 Å². The summed E-state index contributed by atoms with van der Waals surface area (Å²) in [6.45, 7) is 4.25. The fourth-order valence-electron chi connectivity index (χ4n) is 2.72. The van der Waals surface area contributed by atoms with Crippen molar-refractivity contribution in [2.24, 2.45) is 0 Å². The number of anilines is 1. The predicted molar refractivity (Wildman–Crippen MR) is 86.5 cm³/mol. The first-order valence-electron chi connectivity index (χ1n) is 7.55. The molecule has 0 aromatic carbocycles. The van der Waals surface area contributed by atoms with Crippen molar-refractivity contribution >= 4 is 22.8 Å². The molecule has 0 saturated carbocycles. The lowest BCUT2D eigenvalue weighted by Gasteiger charge is -2.34. The van der Waals surface area contributed by atoms with Gasteiger partial charge in [-0.3, -0.25) is 4.90 Å². The Morgan fingerprint density at radius 1 is 1.26 bits per heavy atom. The van der Waals surface area contributed by atoms with Crippen LogP contribution in [0.1, 0.15) is 10.9 Å². The summed E-state index contributed by atoms with van der Waals surface area (Å²) in [6, 6.07) is 8.34. The first kappa shape index (κ1) is 14.5. The highest BCUT2D eigenvalue weighted by atomic mass is 32.1. The topological polar surface area (TPSA) is 80.5 Å². The Labute approximate surface area is 137 Å². The second kappa shape index (κ2) is 6.57. The van der Waals surface area contributed by atoms with Crippen LogP contribution >= 0.6 is 11.3 Å². The van der Waals surface area contributed by atoms with Crippen LogP contribution in [-0.2, 0) is 4.74 Å². The Morgan fingerprint density at radius 2 is 2.17 bits per heavy atom. The second-order valence-electron chi connectivity index (χ2n) is 5.31. The number of nitrogens with one attached hydrogen (secondary N) is 1. The van der Waals surface area contributed by atoms with Crippen molar-refractivity contribution < 1.29 is 4.74 Å². The second-order valence-corrected chi connectivity index (χ2v) is 6.28. The van der Waals surface area contributed by atoms with Crippen LogP contribution in [-0.4, -0.2) is 63.0 Å². The number of thiophene rings is 1. The van der Waals surface area contributed by atoms with Crippen LogP contribution < -0.4 is 5.32 Å². The Morgan fingerprint density at radius 3 is 3.00 bits per heavy atom. The molecular formula is C14H17N7OS. The van der Waals surface area contributed by atoms with Crippen molar-refractivity contribution in [2.75, 3.05) is 38.2 Å². The SMILES string of the molecule is c1csc(C(CNc2ccc3nnnn3n2)N2CCOCC2)c1. The highest BCUT2D eigenvalue weighted by molar-refractivity contribution is 7.10. The molecule has 0 bridgehead atoms. The molecule has 3 aromatic heterocycles. The number of aromatic nitrogens is 5. The third kappa shape index (κ3) is 3.16. The van der Waals surface area contributed by atoms with Gasteiger partial charge in [-0.05, 0) is 34.0 Å². The lowest BCUT2D eigenvalue weighted by Crippen LogP contribution is -2.41. The molecule has 1 aliphatic rings. The summed E-state index contributed by atoms with van der Waals surface area (Å²) in [5.41, 5.74) is 0.638. The number of tetrazole rings is 1. The molecule has 23 heavy (non-hydrogen) atoms. The number of ether oxygens (including phenoxy) is 1. The van der Waals surface area contributed by atoms with Crippen LogP contribution in [0.4, 0.5) is 5.82 Å². The summed E-state index contributed by atoms with van der Waals surface area (Å²) >= 11 is 1.78. The van der Waals surface area contributed by atoms with E-state index in [1.807, 2.05) is 12.1 Å². The van der Waals surface area contributed by atoms with Crippen LogP contribution in [0.5, 0.6) is 0 Å². The molecule has 0 aliphatic carbocycles. The predicted octanol–water partition coefficient (Wildman–Crippen LogP) is 1.07. The first-order chi connectivity index (χ1) is 11.4. The van der Waals surface area contributed by atoms with E-state index in [0.29, 0.717) is 11.7 Å². The van der Waals surface area contributed by atoms with Gasteiger partial charge >= 0.3 is 0 Å². The Hall–Kier alpha value is -2.10. The molecule has 120 valence electrons. The quantitative estimate of drug-likeness (QED) is 0.749. The van der Waals surface area contributed by atoms with Crippen molar-refractivity contribution in [3.63, 3.8) is 0 Å². The summed E-state index contributed by atoms with van der Waals surface area (Å²) in [5.74, 6) is 0.764. The number of hydrogen-bond donors (Lipinski definition) is 1. The lowest BCUT2D eigenvalue weighted by atomic mass is 10.2. The van der Waals surface area contributed by atoms with Gasteiger partial charge < -0.3 is 10.1 Å². The normalized spacial score (nSPS) is 17.4. The van der Waals surface area contributed by atoms with E-state index in [2.05, 4.69) is 48.4 Å². The minimum Gasteiger partial charge on any atom is -0.379 e. The third-order valence-electron chi connectivity index (χ3n) is 3.90. The van der Waals surface area contributed by atoms with E-state index in [-0.39, 0.29) is 0 Å². The van der Waals surface area contributed by atoms with Crippen LogP contribution in [0.25, 0.3) is 5.65 Å². The number of hydrogen-bond acceptors (Lipinski definition) is 8. The maximum atomic E-state index is 5.47. The fraction of sp³-hybridized carbons (Fsp3) is 0.429. The van der Waals surface area contributed by atoms with Crippen molar-refractivity contribution in [3.05, 3.63) is 34.5 Å². The van der Waals surface area contributed by atoms with E-state index in [0.717, 1.165) is 38.7 Å². The highest BCUT2D eigenvalue weighted by Gasteiger charge is 2.23. The van der Waals surface area contributed by atoms with Crippen molar-refractivity contribution in [1.29, 1.82) is 0 Å². The molecule has 1 unspecified atom stereocenters. The molecule has 0 radical (unpaired) electrons. The molecule has 1 N–H and O–H groups in total. The van der Waals surface area contributed by atoms with E-state index in [1.165, 1.54) is 9.51 Å². The number of rotatable bonds is 5. The smallest absolute Gasteiger partial charge is 0.200 e. The molecule has 8 nitrogen and oxygen atoms in total. The molecule has 1 saturated heterocycles. The van der Waals surface area contributed by atoms with Gasteiger partial charge in [-0.15, -0.1) is 26.2 Å². The Balaban J connectivity index is 1.50. The molecule has 3 aromatic rings. The van der Waals surface area contributed by atoms with Gasteiger partial charge in [0.2, 0.25) is 0 Å². The van der Waals surface area contributed by atoms with E-state index < -0.39 is 0 Å². The van der Waals surface area contributed by atoms with Gasteiger partial charge in [-0.2, -0.15) is 0 Å². The van der Waals surface area contributed by atoms with Crippen LogP contribution in [0.2, 0.25) is 0 Å². The Bertz CT molecular complexity index is 753. The zero-order valence-electron chi connectivity index (χ0n) is 12.5. The van der Waals surface area contributed by atoms with Gasteiger partial charge in [0.1, 0.15) is 5.82 Å². The van der Waals surface area contributed by atoms with Crippen molar-refractivity contribution in [3.8, 4) is 0 Å². The van der Waals surface area contributed by atoms with Gasteiger partial charge in [0.05, 0.1) is 19.3 Å². The van der Waals surface area contributed by atoms with Gasteiger partial charge in [0.25, 0.3) is 0 Å². The fourth-order valence-corrected chi connectivity index (χ4v) is 3.59. The first-order valence-corrected chi connectivity index (χ1v) is 8.42. The van der Waals surface area contributed by atoms with Gasteiger partial charge in [0, 0.05) is 24.5 Å². The van der Waals surface area contributed by atoms with E-state index in [9.17, 15) is 0 Å². The molecular weight excluding hydrogens is 314 g/mol. The number of fused-ring (bicyclic) bond motifs is 1. The minimum absolute atomic E-state index is 0.310. The number of morpholine rings is 1. The molecule has 1 aliphatic heterocycles. The molecule has 9 heteroatoms. The summed E-state index contributed by atoms with van der Waals surface area (Å²) in [6.07, 6.45) is 0. The summed E-state index contributed by atoms with van der Waals surface area (Å²) < 4.78 is 6.90. The molecule has 4 rings (SSSR count). The average Bonchev–Trinajstić information content (AvgIpc) is 3.27. The van der Waals surface area contributed by atoms with Crippen molar-refractivity contribution in [1.82, 2.24) is 30.2 Å². The number of nitrogens with zero attached hydrogens (tertiary/aromatic N) is 6. The highest BCUT2D eigenvalue weighted by Crippen LogP contribution is 2.26. The zero-order valence-corrected chi connectivity index (χ0v) is 13.3. The average molecular weight is 331 g/mol. The van der Waals surface area contributed by atoms with E-state index >= 15 is 0 Å². The summed E-state index contributed by atoms with van der Waals surface area (Å²) in [5, 5.41) is 21.2. The zero-order chi connectivity index (χ0) is 15.5. The standard InChI is InChI=1S/C14H17N7OS/c1-2-12(23-9-1)11(20-5-7-22-8-6-20)10-15-13-3-4-14-16-18-19-21(14)17-13/h1-4,9,11H,5-8,10H2,(H,15,17). The molecule has 1 atom stereocenters. The van der Waals surface area contributed by atoms with Crippen LogP contribution in [0, 0.1) is 0 Å². The molecule has 0 amide bonds. The third-order valence-corrected chi connectivity index (χ3v) is 4.88. The lowest BCUT2D eigenvalue weighted by molar-refractivity contribution is 0.0194. The summed E-state index contributed by atoms with van der Waals surface area (Å²) in [7, 11) is 0. The minimum atomic E-state index is 0.310. The molecule has 0 spiro atoms.